The molecule has 1 unspecified atom stereocenters. The third kappa shape index (κ3) is 8.36. The Morgan fingerprint density at radius 3 is 2.24 bits per heavy atom. The van der Waals surface area contributed by atoms with Crippen LogP contribution in [0.4, 0.5) is 5.69 Å². The minimum atomic E-state index is -0.719. The van der Waals surface area contributed by atoms with Crippen molar-refractivity contribution in [3.63, 3.8) is 0 Å². The molecule has 0 spiro atoms. The molecule has 5 N–H and O–H groups in total. The van der Waals surface area contributed by atoms with Crippen LogP contribution >= 0.6 is 0 Å². The smallest absolute Gasteiger partial charge is 0.290 e. The molecule has 1 atom stereocenters. The quantitative estimate of drug-likeness (QED) is 0.154. The van der Waals surface area contributed by atoms with Gasteiger partial charge in [0.2, 0.25) is 23.6 Å². The van der Waals surface area contributed by atoms with E-state index in [4.69, 9.17) is 15.6 Å². The van der Waals surface area contributed by atoms with Gasteiger partial charge in [0.1, 0.15) is 6.04 Å². The van der Waals surface area contributed by atoms with Crippen molar-refractivity contribution in [1.82, 2.24) is 10.6 Å². The Bertz CT molecular complexity index is 1290. The Morgan fingerprint density at radius 2 is 1.61 bits per heavy atom. The summed E-state index contributed by atoms with van der Waals surface area (Å²) in [6.07, 6.45) is 9.65. The Kier molecular flexibility index (Phi) is 11.8. The van der Waals surface area contributed by atoms with Gasteiger partial charge in [-0.05, 0) is 42.3 Å². The molecule has 0 aliphatic carbocycles. The first-order chi connectivity index (χ1) is 19.8. The minimum Gasteiger partial charge on any atom is -0.483 e. The molecule has 11 heteroatoms. The fourth-order valence-corrected chi connectivity index (χ4v) is 5.39. The number of piperidine rings is 1. The van der Waals surface area contributed by atoms with Crippen LogP contribution in [0.2, 0.25) is 0 Å². The van der Waals surface area contributed by atoms with E-state index in [0.717, 1.165) is 67.7 Å². The highest BCUT2D eigenvalue weighted by atomic mass is 16.3. The largest absolute Gasteiger partial charge is 0.483 e. The van der Waals surface area contributed by atoms with Gasteiger partial charge in [-0.15, -0.1) is 0 Å². The SMILES string of the molecule is NC(=O)CCCCCCCCCCC(=O)NCc1ccc2c3c(cccc13)C(=O)N2C1CCC(=O)NC1=O.O=CO. The molecule has 2 heterocycles. The zero-order valence-electron chi connectivity index (χ0n) is 23.2. The topological polar surface area (TPSA) is 176 Å². The summed E-state index contributed by atoms with van der Waals surface area (Å²) < 4.78 is 0. The van der Waals surface area contributed by atoms with E-state index in [1.54, 1.807) is 6.07 Å². The molecule has 4 rings (SSSR count). The van der Waals surface area contributed by atoms with Gasteiger partial charge >= 0.3 is 0 Å². The van der Waals surface area contributed by atoms with Crippen LogP contribution in [0.1, 0.15) is 93.0 Å². The number of imide groups is 1. The molecular formula is C30H38N4O7. The molecule has 2 aliphatic rings. The van der Waals surface area contributed by atoms with E-state index in [0.29, 0.717) is 37.1 Å². The molecule has 5 amide bonds. The lowest BCUT2D eigenvalue weighted by Crippen LogP contribution is -2.53. The number of primary amides is 1. The van der Waals surface area contributed by atoms with Crippen LogP contribution in [0.3, 0.4) is 0 Å². The molecule has 11 nitrogen and oxygen atoms in total. The molecule has 0 radical (unpaired) electrons. The van der Waals surface area contributed by atoms with Gasteiger partial charge in [-0.1, -0.05) is 56.7 Å². The Balaban J connectivity index is 0.00000147. The highest BCUT2D eigenvalue weighted by Crippen LogP contribution is 2.41. The first-order valence-corrected chi connectivity index (χ1v) is 14.1. The second-order valence-corrected chi connectivity index (χ2v) is 10.3. The number of carbonyl (C=O) groups is 6. The first-order valence-electron chi connectivity index (χ1n) is 14.1. The van der Waals surface area contributed by atoms with Gasteiger partial charge < -0.3 is 16.2 Å². The van der Waals surface area contributed by atoms with Gasteiger partial charge in [-0.2, -0.15) is 0 Å². The average Bonchev–Trinajstić information content (AvgIpc) is 3.22. The second kappa shape index (κ2) is 15.5. The molecule has 220 valence electrons. The van der Waals surface area contributed by atoms with Gasteiger partial charge in [0.05, 0.1) is 5.69 Å². The number of amides is 5. The standard InChI is InChI=1S/C29H36N4O5.CH2O2/c30-24(34)12-7-5-3-1-2-4-6-8-13-25(35)31-18-19-14-15-22-27-20(19)10-9-11-21(27)29(38)33(22)23-16-17-26(36)32-28(23)37;2-1-3/h9-11,14-15,23H,1-8,12-13,16-18H2,(H2,30,34)(H,31,35)(H,32,36,37);1H,(H,2,3). The summed E-state index contributed by atoms with van der Waals surface area (Å²) in [4.78, 5) is 70.4. The monoisotopic (exact) mass is 566 g/mol. The van der Waals surface area contributed by atoms with Crippen molar-refractivity contribution in [1.29, 1.82) is 0 Å². The zero-order chi connectivity index (χ0) is 29.8. The highest BCUT2D eigenvalue weighted by Gasteiger charge is 2.40. The van der Waals surface area contributed by atoms with Gasteiger partial charge in [-0.3, -0.25) is 39.0 Å². The van der Waals surface area contributed by atoms with E-state index in [9.17, 15) is 24.0 Å². The number of nitrogens with one attached hydrogen (secondary N) is 2. The average molecular weight is 567 g/mol. The van der Waals surface area contributed by atoms with E-state index in [-0.39, 0.29) is 36.5 Å². The molecular weight excluding hydrogens is 528 g/mol. The summed E-state index contributed by atoms with van der Waals surface area (Å²) in [5.41, 5.74) is 7.25. The summed E-state index contributed by atoms with van der Waals surface area (Å²) in [7, 11) is 0. The fourth-order valence-electron chi connectivity index (χ4n) is 5.39. The van der Waals surface area contributed by atoms with E-state index >= 15 is 0 Å². The van der Waals surface area contributed by atoms with Crippen LogP contribution in [-0.2, 0) is 30.5 Å². The van der Waals surface area contributed by atoms with Crippen LogP contribution < -0.4 is 21.3 Å². The van der Waals surface area contributed by atoms with Crippen molar-refractivity contribution in [2.45, 2.75) is 89.6 Å². The second-order valence-electron chi connectivity index (χ2n) is 10.3. The lowest BCUT2D eigenvalue weighted by molar-refractivity contribution is -0.134. The third-order valence-electron chi connectivity index (χ3n) is 7.39. The van der Waals surface area contributed by atoms with Crippen molar-refractivity contribution >= 4 is 52.5 Å². The lowest BCUT2D eigenvalue weighted by Gasteiger charge is -2.30. The molecule has 1 fully saturated rings. The number of carbonyl (C=O) groups excluding carboxylic acids is 5. The number of nitrogens with two attached hydrogens (primary N) is 1. The molecule has 2 aliphatic heterocycles. The molecule has 0 saturated carbocycles. The number of rotatable bonds is 14. The van der Waals surface area contributed by atoms with E-state index in [2.05, 4.69) is 10.6 Å². The molecule has 2 aromatic rings. The van der Waals surface area contributed by atoms with Gasteiger partial charge in [0.15, 0.2) is 0 Å². The zero-order valence-corrected chi connectivity index (χ0v) is 23.2. The van der Waals surface area contributed by atoms with Crippen LogP contribution in [0.5, 0.6) is 0 Å². The van der Waals surface area contributed by atoms with Crippen LogP contribution in [0.15, 0.2) is 30.3 Å². The predicted molar refractivity (Wildman–Crippen MR) is 153 cm³/mol. The molecule has 0 aromatic heterocycles. The maximum atomic E-state index is 13.2. The summed E-state index contributed by atoms with van der Waals surface area (Å²) in [5.74, 6) is -1.25. The number of hydrogen-bond acceptors (Lipinski definition) is 6. The number of carboxylic acid groups (broad SMARTS) is 1. The van der Waals surface area contributed by atoms with Gasteiger partial charge in [0, 0.05) is 36.8 Å². The highest BCUT2D eigenvalue weighted by molar-refractivity contribution is 6.27. The lowest BCUT2D eigenvalue weighted by atomic mass is 10.00. The Morgan fingerprint density at radius 1 is 0.976 bits per heavy atom. The van der Waals surface area contributed by atoms with Crippen molar-refractivity contribution in [3.05, 3.63) is 41.5 Å². The number of nitrogens with zero attached hydrogens (tertiary/aromatic N) is 1. The summed E-state index contributed by atoms with van der Waals surface area (Å²) >= 11 is 0. The van der Waals surface area contributed by atoms with Crippen molar-refractivity contribution in [2.24, 2.45) is 5.73 Å². The molecule has 1 saturated heterocycles. The number of unbranched alkanes of at least 4 members (excludes halogenated alkanes) is 7. The van der Waals surface area contributed by atoms with Crippen LogP contribution in [0.25, 0.3) is 10.8 Å². The van der Waals surface area contributed by atoms with Gasteiger partial charge in [-0.25, -0.2) is 0 Å². The number of benzene rings is 2. The van der Waals surface area contributed by atoms with E-state index in [1.165, 1.54) is 4.90 Å². The summed E-state index contributed by atoms with van der Waals surface area (Å²) in [6, 6.07) is 8.50. The Hall–Kier alpha value is -4.28. The Labute approximate surface area is 238 Å². The van der Waals surface area contributed by atoms with Crippen LogP contribution in [0, 0.1) is 0 Å². The van der Waals surface area contributed by atoms with Crippen molar-refractivity contribution in [3.8, 4) is 0 Å². The summed E-state index contributed by atoms with van der Waals surface area (Å²) in [6.45, 7) is 0.108. The van der Waals surface area contributed by atoms with Crippen molar-refractivity contribution in [2.75, 3.05) is 4.90 Å². The summed E-state index contributed by atoms with van der Waals surface area (Å²) in [5, 5.41) is 13.9. The van der Waals surface area contributed by atoms with E-state index < -0.39 is 11.9 Å². The van der Waals surface area contributed by atoms with Crippen molar-refractivity contribution < 1.29 is 33.9 Å². The fraction of sp³-hybridized carbons (Fsp3) is 0.467. The molecule has 0 bridgehead atoms. The molecule has 2 aromatic carbocycles. The third-order valence-corrected chi connectivity index (χ3v) is 7.39. The van der Waals surface area contributed by atoms with Gasteiger partial charge in [0.25, 0.3) is 12.4 Å². The maximum absolute atomic E-state index is 13.2. The minimum absolute atomic E-state index is 0.000881. The molecule has 41 heavy (non-hydrogen) atoms. The maximum Gasteiger partial charge on any atom is 0.290 e. The van der Waals surface area contributed by atoms with E-state index in [1.807, 2.05) is 24.3 Å². The number of anilines is 1. The normalized spacial score (nSPS) is 15.8. The van der Waals surface area contributed by atoms with Crippen LogP contribution in [-0.4, -0.2) is 47.2 Å². The first kappa shape index (κ1) is 31.3. The number of hydrogen-bond donors (Lipinski definition) is 4. The predicted octanol–water partition coefficient (Wildman–Crippen LogP) is 3.31.